The maximum absolute atomic E-state index is 12.7. The molecule has 1 aliphatic heterocycles. The second kappa shape index (κ2) is 8.73. The predicted molar refractivity (Wildman–Crippen MR) is 114 cm³/mol. The van der Waals surface area contributed by atoms with E-state index in [2.05, 4.69) is 49.3 Å². The molecule has 3 aromatic heterocycles. The van der Waals surface area contributed by atoms with Gasteiger partial charge in [-0.1, -0.05) is 6.07 Å². The number of piperazine rings is 1. The van der Waals surface area contributed by atoms with E-state index in [1.807, 2.05) is 23.6 Å². The molecule has 0 spiro atoms. The molecule has 0 radical (unpaired) electrons. The van der Waals surface area contributed by atoms with Gasteiger partial charge in [0.2, 0.25) is 5.91 Å². The lowest BCUT2D eigenvalue weighted by atomic mass is 10.1. The van der Waals surface area contributed by atoms with Crippen LogP contribution < -0.4 is 10.6 Å². The highest BCUT2D eigenvalue weighted by Gasteiger charge is 2.23. The van der Waals surface area contributed by atoms with Gasteiger partial charge in [-0.25, -0.2) is 15.0 Å². The molecular formula is C20H23N7OS. The quantitative estimate of drug-likeness (QED) is 0.667. The van der Waals surface area contributed by atoms with E-state index in [-0.39, 0.29) is 5.91 Å². The first kappa shape index (κ1) is 19.6. The maximum atomic E-state index is 12.7. The second-order valence-electron chi connectivity index (χ2n) is 7.23. The fraction of sp³-hybridized carbons (Fsp3) is 0.350. The maximum Gasteiger partial charge on any atom is 0.239 e. The van der Waals surface area contributed by atoms with Crippen LogP contribution in [0.1, 0.15) is 13.8 Å². The molecule has 2 N–H and O–H groups in total. The Hall–Kier alpha value is -2.75. The van der Waals surface area contributed by atoms with Gasteiger partial charge in [-0.15, -0.1) is 11.3 Å². The predicted octanol–water partition coefficient (Wildman–Crippen LogP) is 2.28. The van der Waals surface area contributed by atoms with Crippen LogP contribution in [0.25, 0.3) is 22.2 Å². The van der Waals surface area contributed by atoms with Crippen LogP contribution in [-0.2, 0) is 4.79 Å². The van der Waals surface area contributed by atoms with Crippen LogP contribution in [0.5, 0.6) is 0 Å². The average Bonchev–Trinajstić information content (AvgIpc) is 3.22. The van der Waals surface area contributed by atoms with E-state index in [9.17, 15) is 4.79 Å². The summed E-state index contributed by atoms with van der Waals surface area (Å²) in [5, 5.41) is 9.06. The Morgan fingerprint density at radius 2 is 2.00 bits per heavy atom. The van der Waals surface area contributed by atoms with Crippen LogP contribution in [0.15, 0.2) is 42.0 Å². The third kappa shape index (κ3) is 5.00. The van der Waals surface area contributed by atoms with Crippen molar-refractivity contribution in [3.05, 3.63) is 42.0 Å². The molecule has 1 saturated heterocycles. The number of rotatable bonds is 5. The Bertz CT molecular complexity index is 954. The Morgan fingerprint density at radius 3 is 2.69 bits per heavy atom. The molecule has 4 heterocycles. The zero-order chi connectivity index (χ0) is 20.2. The van der Waals surface area contributed by atoms with Gasteiger partial charge in [0.15, 0.2) is 5.82 Å². The van der Waals surface area contributed by atoms with Gasteiger partial charge in [0.05, 0.1) is 6.54 Å². The van der Waals surface area contributed by atoms with E-state index in [0.29, 0.717) is 41.7 Å². The molecule has 1 amide bonds. The number of aromatic nitrogens is 4. The first-order chi connectivity index (χ1) is 14.1. The first-order valence-corrected chi connectivity index (χ1v) is 10.4. The summed E-state index contributed by atoms with van der Waals surface area (Å²) < 4.78 is 0. The second-order valence-corrected chi connectivity index (χ2v) is 8.12. The first-order valence-electron chi connectivity index (χ1n) is 9.55. The number of hydrogen-bond donors (Lipinski definition) is 2. The van der Waals surface area contributed by atoms with Crippen LogP contribution in [0.2, 0.25) is 0 Å². The van der Waals surface area contributed by atoms with Gasteiger partial charge in [0, 0.05) is 49.0 Å². The summed E-state index contributed by atoms with van der Waals surface area (Å²) in [6.07, 6.45) is 3.42. The van der Waals surface area contributed by atoms with Crippen LogP contribution in [0.3, 0.4) is 0 Å². The van der Waals surface area contributed by atoms with E-state index < -0.39 is 0 Å². The lowest BCUT2D eigenvalue weighted by Crippen LogP contribution is -2.55. The Kier molecular flexibility index (Phi) is 5.89. The number of nitrogens with zero attached hydrogens (tertiary/aromatic N) is 5. The molecule has 8 nitrogen and oxygen atoms in total. The molecular weight excluding hydrogens is 386 g/mol. The molecule has 150 valence electrons. The third-order valence-electron chi connectivity index (χ3n) is 4.54. The SMILES string of the molecule is CC1CN(CC(=O)Nc2cc(-c3nccs3)nc(-c3ccccn3)n2)CC(C)N1. The fourth-order valence-corrected chi connectivity index (χ4v) is 4.13. The van der Waals surface area contributed by atoms with E-state index in [1.165, 1.54) is 11.3 Å². The van der Waals surface area contributed by atoms with Crippen LogP contribution in [0.4, 0.5) is 5.82 Å². The van der Waals surface area contributed by atoms with Gasteiger partial charge in [-0.05, 0) is 26.0 Å². The van der Waals surface area contributed by atoms with Crippen LogP contribution in [0, 0.1) is 0 Å². The van der Waals surface area contributed by atoms with Gasteiger partial charge in [-0.2, -0.15) is 0 Å². The van der Waals surface area contributed by atoms with Crippen molar-refractivity contribution in [1.29, 1.82) is 0 Å². The van der Waals surface area contributed by atoms with Crippen molar-refractivity contribution in [2.24, 2.45) is 0 Å². The van der Waals surface area contributed by atoms with Crippen molar-refractivity contribution in [1.82, 2.24) is 30.2 Å². The molecule has 0 saturated carbocycles. The highest BCUT2D eigenvalue weighted by molar-refractivity contribution is 7.13. The summed E-state index contributed by atoms with van der Waals surface area (Å²) in [6.45, 7) is 6.26. The van der Waals surface area contributed by atoms with Gasteiger partial charge >= 0.3 is 0 Å². The average molecular weight is 410 g/mol. The number of carbonyl (C=O) groups excluding carboxylic acids is 1. The number of hydrogen-bond acceptors (Lipinski definition) is 8. The minimum Gasteiger partial charge on any atom is -0.309 e. The van der Waals surface area contributed by atoms with Crippen LogP contribution >= 0.6 is 11.3 Å². The summed E-state index contributed by atoms with van der Waals surface area (Å²) >= 11 is 1.49. The highest BCUT2D eigenvalue weighted by atomic mass is 32.1. The normalized spacial score (nSPS) is 19.8. The van der Waals surface area contributed by atoms with Gasteiger partial charge in [-0.3, -0.25) is 14.7 Å². The van der Waals surface area contributed by atoms with Gasteiger partial charge in [0.25, 0.3) is 0 Å². The lowest BCUT2D eigenvalue weighted by molar-refractivity contribution is -0.117. The Morgan fingerprint density at radius 1 is 1.17 bits per heavy atom. The summed E-state index contributed by atoms with van der Waals surface area (Å²) in [4.78, 5) is 32.6. The van der Waals surface area contributed by atoms with Crippen molar-refractivity contribution >= 4 is 23.1 Å². The largest absolute Gasteiger partial charge is 0.309 e. The zero-order valence-corrected chi connectivity index (χ0v) is 17.2. The van der Waals surface area contributed by atoms with E-state index in [1.54, 1.807) is 18.5 Å². The van der Waals surface area contributed by atoms with Crippen molar-refractivity contribution < 1.29 is 4.79 Å². The van der Waals surface area contributed by atoms with E-state index in [4.69, 9.17) is 0 Å². The monoisotopic (exact) mass is 409 g/mol. The molecule has 0 bridgehead atoms. The molecule has 0 aliphatic carbocycles. The van der Waals surface area contributed by atoms with E-state index in [0.717, 1.165) is 18.1 Å². The Balaban J connectivity index is 1.56. The lowest BCUT2D eigenvalue weighted by Gasteiger charge is -2.35. The molecule has 1 aliphatic rings. The molecule has 3 aromatic rings. The number of pyridine rings is 1. The van der Waals surface area contributed by atoms with Crippen molar-refractivity contribution in [2.45, 2.75) is 25.9 Å². The molecule has 2 atom stereocenters. The smallest absolute Gasteiger partial charge is 0.239 e. The van der Waals surface area contributed by atoms with Crippen molar-refractivity contribution in [2.75, 3.05) is 25.0 Å². The minimum atomic E-state index is -0.0953. The van der Waals surface area contributed by atoms with E-state index >= 15 is 0 Å². The molecule has 0 aromatic carbocycles. The standard InChI is InChI=1S/C20H23N7OS/c1-13-10-27(11-14(2)23-13)12-18(28)25-17-9-16(20-22-7-8-29-20)24-19(26-17)15-5-3-4-6-21-15/h3-9,13-14,23H,10-12H2,1-2H3,(H,24,25,26,28). The van der Waals surface area contributed by atoms with Gasteiger partial charge < -0.3 is 10.6 Å². The minimum absolute atomic E-state index is 0.0953. The summed E-state index contributed by atoms with van der Waals surface area (Å²) in [6, 6.07) is 8.04. The molecule has 2 unspecified atom stereocenters. The fourth-order valence-electron chi connectivity index (χ4n) is 3.54. The number of thiazole rings is 1. The zero-order valence-electron chi connectivity index (χ0n) is 16.4. The molecule has 9 heteroatoms. The number of carbonyl (C=O) groups is 1. The summed E-state index contributed by atoms with van der Waals surface area (Å²) in [5.41, 5.74) is 1.31. The van der Waals surface area contributed by atoms with Crippen molar-refractivity contribution in [3.63, 3.8) is 0 Å². The topological polar surface area (TPSA) is 95.9 Å². The third-order valence-corrected chi connectivity index (χ3v) is 5.34. The number of amides is 1. The van der Waals surface area contributed by atoms with Gasteiger partial charge in [0.1, 0.15) is 22.2 Å². The van der Waals surface area contributed by atoms with Crippen LogP contribution in [-0.4, -0.2) is 62.5 Å². The number of nitrogens with one attached hydrogen (secondary N) is 2. The summed E-state index contributed by atoms with van der Waals surface area (Å²) in [7, 11) is 0. The van der Waals surface area contributed by atoms with Crippen molar-refractivity contribution in [3.8, 4) is 22.2 Å². The molecule has 1 fully saturated rings. The molecule has 29 heavy (non-hydrogen) atoms. The summed E-state index contributed by atoms with van der Waals surface area (Å²) in [5.74, 6) is 0.812. The highest BCUT2D eigenvalue weighted by Crippen LogP contribution is 2.25. The molecule has 4 rings (SSSR count). The Labute approximate surface area is 173 Å². The number of anilines is 1.